The van der Waals surface area contributed by atoms with E-state index in [1.165, 1.54) is 72.7 Å². The van der Waals surface area contributed by atoms with E-state index in [1.54, 1.807) is 0 Å². The summed E-state index contributed by atoms with van der Waals surface area (Å²) in [6, 6.07) is 8.89. The maximum absolute atomic E-state index is 11.2. The molecule has 64 heavy (non-hydrogen) atoms. The van der Waals surface area contributed by atoms with Gasteiger partial charge < -0.3 is 29.5 Å². The number of carbonyl (C=O) groups is 2. The largest absolute Gasteiger partial charge is 0.491 e. The van der Waals surface area contributed by atoms with Gasteiger partial charge in [-0.15, -0.1) is 0 Å². The van der Waals surface area contributed by atoms with Gasteiger partial charge in [-0.25, -0.2) is 29.5 Å². The number of unbranched alkanes of at least 4 members (excludes halogenated alkanes) is 6. The van der Waals surface area contributed by atoms with E-state index < -0.39 is 11.9 Å². The number of rotatable bonds is 18. The maximum atomic E-state index is 11.2. The molecule has 2 aliphatic rings. The average Bonchev–Trinajstić information content (AvgIpc) is 3.26. The highest BCUT2D eigenvalue weighted by molar-refractivity contribution is 5.87. The van der Waals surface area contributed by atoms with Crippen LogP contribution in [-0.2, 0) is 21.7 Å². The van der Waals surface area contributed by atoms with Crippen LogP contribution in [0.1, 0.15) is 189 Å². The first kappa shape index (κ1) is 49.8. The van der Waals surface area contributed by atoms with Crippen LogP contribution in [0.25, 0.3) is 0 Å². The highest BCUT2D eigenvalue weighted by Crippen LogP contribution is 2.51. The molecule has 0 spiro atoms. The topological polar surface area (TPSA) is 151 Å². The van der Waals surface area contributed by atoms with Crippen LogP contribution in [0.5, 0.6) is 11.5 Å². The molecule has 0 amide bonds. The van der Waals surface area contributed by atoms with Gasteiger partial charge in [-0.05, 0) is 107 Å². The molecular formula is C52H74N6O6. The summed E-state index contributed by atoms with van der Waals surface area (Å²) >= 11 is 0. The molecule has 0 atom stereocenters. The number of ether oxygens (including phenoxy) is 2. The van der Waals surface area contributed by atoms with E-state index in [2.05, 4.69) is 113 Å². The molecule has 6 rings (SSSR count). The molecule has 0 bridgehead atoms. The summed E-state index contributed by atoms with van der Waals surface area (Å²) in [7, 11) is 3.81. The van der Waals surface area contributed by atoms with E-state index >= 15 is 0 Å². The predicted octanol–water partition coefficient (Wildman–Crippen LogP) is 12.5. The van der Waals surface area contributed by atoms with Gasteiger partial charge >= 0.3 is 11.9 Å². The highest BCUT2D eigenvalue weighted by atomic mass is 16.5. The summed E-state index contributed by atoms with van der Waals surface area (Å²) in [4.78, 5) is 43.3. The first-order valence-electron chi connectivity index (χ1n) is 23.3. The van der Waals surface area contributed by atoms with Gasteiger partial charge in [-0.1, -0.05) is 108 Å². The van der Waals surface area contributed by atoms with E-state index in [9.17, 15) is 9.59 Å². The molecule has 2 aromatic carbocycles. The molecule has 0 unspecified atom stereocenters. The Morgan fingerprint density at radius 1 is 0.516 bits per heavy atom. The number of hydrogen-bond acceptors (Lipinski definition) is 10. The number of aromatic carboxylic acids is 2. The number of carboxylic acid groups (broad SMARTS) is 2. The molecule has 0 aliphatic heterocycles. The Labute approximate surface area is 382 Å². The van der Waals surface area contributed by atoms with Gasteiger partial charge in [-0.3, -0.25) is 0 Å². The third-order valence-corrected chi connectivity index (χ3v) is 13.5. The zero-order valence-electron chi connectivity index (χ0n) is 40.7. The smallest absolute Gasteiger partial charge is 0.338 e. The second-order valence-corrected chi connectivity index (χ2v) is 20.4. The summed E-state index contributed by atoms with van der Waals surface area (Å²) < 4.78 is 12.6. The maximum Gasteiger partial charge on any atom is 0.338 e. The normalized spacial score (nSPS) is 16.3. The van der Waals surface area contributed by atoms with Crippen LogP contribution in [0.2, 0.25) is 0 Å². The lowest BCUT2D eigenvalue weighted by Crippen LogP contribution is -2.34. The van der Waals surface area contributed by atoms with Gasteiger partial charge in [0.25, 0.3) is 0 Å². The van der Waals surface area contributed by atoms with Crippen molar-refractivity contribution in [3.63, 3.8) is 0 Å². The molecule has 4 aromatic rings. The molecule has 348 valence electrons. The zero-order chi connectivity index (χ0) is 47.0. The van der Waals surface area contributed by atoms with Crippen LogP contribution in [0.4, 0.5) is 23.3 Å². The minimum atomic E-state index is -1.03. The molecule has 2 aromatic heterocycles. The fourth-order valence-electron chi connectivity index (χ4n) is 8.77. The quantitative estimate of drug-likeness (QED) is 0.0915. The summed E-state index contributed by atoms with van der Waals surface area (Å²) in [6.45, 7) is 24.2. The lowest BCUT2D eigenvalue weighted by molar-refractivity contribution is 0.0685. The van der Waals surface area contributed by atoms with Crippen molar-refractivity contribution in [2.45, 2.75) is 168 Å². The van der Waals surface area contributed by atoms with Gasteiger partial charge in [0.1, 0.15) is 11.5 Å². The molecule has 12 heteroatoms. The number of hydrogen-bond donors (Lipinski definition) is 2. The molecule has 0 fully saturated rings. The Morgan fingerprint density at radius 3 is 1.09 bits per heavy atom. The first-order chi connectivity index (χ1) is 30.1. The Kier molecular flexibility index (Phi) is 16.1. The SMILES string of the molecule is CCCCCCOc1cc2c(cc1N(C)c1ncc(C(=O)O)cn1)C(C)(C)CCC2(C)C.CCCCCCOc1cc2c(cc1N(C)c1ncc(C(=O)O)cn1)C(C)(C)CCC2(C)C. The van der Waals surface area contributed by atoms with Crippen LogP contribution in [0.3, 0.4) is 0 Å². The van der Waals surface area contributed by atoms with E-state index in [1.807, 2.05) is 23.9 Å². The van der Waals surface area contributed by atoms with Crippen LogP contribution < -0.4 is 19.3 Å². The average molecular weight is 879 g/mol. The van der Waals surface area contributed by atoms with Crippen molar-refractivity contribution >= 4 is 35.2 Å². The van der Waals surface area contributed by atoms with E-state index in [4.69, 9.17) is 19.7 Å². The Morgan fingerprint density at radius 2 is 0.812 bits per heavy atom. The molecule has 0 saturated heterocycles. The van der Waals surface area contributed by atoms with E-state index in [0.717, 1.165) is 74.2 Å². The summed E-state index contributed by atoms with van der Waals surface area (Å²) in [5, 5.41) is 18.3. The lowest BCUT2D eigenvalue weighted by Gasteiger charge is -2.42. The molecule has 12 nitrogen and oxygen atoms in total. The van der Waals surface area contributed by atoms with Gasteiger partial charge in [0.05, 0.1) is 35.7 Å². The first-order valence-corrected chi connectivity index (χ1v) is 23.3. The van der Waals surface area contributed by atoms with E-state index in [-0.39, 0.29) is 32.8 Å². The minimum Gasteiger partial charge on any atom is -0.491 e. The molecule has 2 heterocycles. The Balaban J connectivity index is 0.000000241. The molecule has 2 N–H and O–H groups in total. The second kappa shape index (κ2) is 20.7. The third-order valence-electron chi connectivity index (χ3n) is 13.5. The monoisotopic (exact) mass is 879 g/mol. The van der Waals surface area contributed by atoms with Crippen molar-refractivity contribution in [2.24, 2.45) is 0 Å². The lowest BCUT2D eigenvalue weighted by atomic mass is 9.63. The fourth-order valence-corrected chi connectivity index (χ4v) is 8.77. The van der Waals surface area contributed by atoms with Crippen molar-refractivity contribution in [1.82, 2.24) is 19.9 Å². The number of aromatic nitrogens is 4. The molecular weight excluding hydrogens is 805 g/mol. The third kappa shape index (κ3) is 11.7. The van der Waals surface area contributed by atoms with Crippen molar-refractivity contribution in [1.29, 1.82) is 0 Å². The molecule has 2 aliphatic carbocycles. The van der Waals surface area contributed by atoms with Gasteiger partial charge in [-0.2, -0.15) is 0 Å². The standard InChI is InChI=1S/2C26H37N3O3/c2*1-7-8-9-10-13-32-22-15-20-19(25(2,3)11-12-26(20,4)5)14-21(22)29(6)24-27-16-18(17-28-24)23(30)31/h2*14-17H,7-13H2,1-6H3,(H,30,31). The minimum absolute atomic E-state index is 0.0636. The number of nitrogens with zero attached hydrogens (tertiary/aromatic N) is 6. The van der Waals surface area contributed by atoms with Crippen LogP contribution in [0.15, 0.2) is 49.1 Å². The number of carboxylic acids is 2. The zero-order valence-corrected chi connectivity index (χ0v) is 40.7. The number of anilines is 4. The Bertz CT molecular complexity index is 2060. The van der Waals surface area contributed by atoms with Crippen molar-refractivity contribution in [3.8, 4) is 11.5 Å². The second-order valence-electron chi connectivity index (χ2n) is 20.4. The van der Waals surface area contributed by atoms with Crippen LogP contribution in [-0.4, -0.2) is 69.4 Å². The highest BCUT2D eigenvalue weighted by Gasteiger charge is 2.40. The van der Waals surface area contributed by atoms with Crippen LogP contribution in [0, 0.1) is 0 Å². The van der Waals surface area contributed by atoms with E-state index in [0.29, 0.717) is 25.1 Å². The summed E-state index contributed by atoms with van der Waals surface area (Å²) in [5.41, 5.74) is 7.61. The van der Waals surface area contributed by atoms with Gasteiger partial charge in [0.15, 0.2) is 0 Å². The fraction of sp³-hybridized carbons (Fsp3) is 0.577. The number of fused-ring (bicyclic) bond motifs is 2. The van der Waals surface area contributed by atoms with Crippen molar-refractivity contribution in [3.05, 3.63) is 82.4 Å². The Hall–Kier alpha value is -5.26. The molecule has 0 radical (unpaired) electrons. The van der Waals surface area contributed by atoms with Crippen molar-refractivity contribution in [2.75, 3.05) is 37.1 Å². The summed E-state index contributed by atoms with van der Waals surface area (Å²) in [5.74, 6) is 0.484. The summed E-state index contributed by atoms with van der Waals surface area (Å²) in [6.07, 6.45) is 19.1. The van der Waals surface area contributed by atoms with Gasteiger partial charge in [0.2, 0.25) is 11.9 Å². The number of benzene rings is 2. The van der Waals surface area contributed by atoms with Crippen molar-refractivity contribution < 1.29 is 29.3 Å². The predicted molar refractivity (Wildman–Crippen MR) is 257 cm³/mol. The molecule has 0 saturated carbocycles. The van der Waals surface area contributed by atoms with Crippen LogP contribution >= 0.6 is 0 Å². The van der Waals surface area contributed by atoms with Gasteiger partial charge in [0, 0.05) is 38.9 Å².